The van der Waals surface area contributed by atoms with Gasteiger partial charge in [-0.2, -0.15) is 0 Å². The summed E-state index contributed by atoms with van der Waals surface area (Å²) in [5.41, 5.74) is -0.311. The van der Waals surface area contributed by atoms with E-state index in [0.29, 0.717) is 5.19 Å². The highest BCUT2D eigenvalue weighted by atomic mass is 28.4. The minimum atomic E-state index is -4.18. The third-order valence-electron chi connectivity index (χ3n) is 3.28. The third-order valence-corrected chi connectivity index (χ3v) is 5.98. The monoisotopic (exact) mass is 226 g/mol. The molecule has 1 saturated carbocycles. The van der Waals surface area contributed by atoms with E-state index in [1.54, 1.807) is 30.3 Å². The van der Waals surface area contributed by atoms with Gasteiger partial charge in [0.2, 0.25) is 0 Å². The van der Waals surface area contributed by atoms with Crippen molar-refractivity contribution in [2.45, 2.75) is 37.6 Å². The van der Waals surface area contributed by atoms with Gasteiger partial charge in [-0.1, -0.05) is 49.6 Å². The quantitative estimate of drug-likeness (QED) is 0.534. The molecule has 0 aliphatic heterocycles. The van der Waals surface area contributed by atoms with Crippen molar-refractivity contribution in [2.24, 2.45) is 0 Å². The molecule has 0 atom stereocenters. The van der Waals surface area contributed by atoms with Crippen LogP contribution in [0.1, 0.15) is 32.1 Å². The lowest BCUT2D eigenvalue weighted by Crippen LogP contribution is -2.44. The SMILES string of the molecule is F[Si](F)(c1ccccc1)C1CCCCC1. The summed E-state index contributed by atoms with van der Waals surface area (Å²) in [6.07, 6.45) is 4.57. The molecule has 0 amide bonds. The summed E-state index contributed by atoms with van der Waals surface area (Å²) in [5, 5.41) is 0.317. The molecule has 0 heterocycles. The first-order valence-electron chi connectivity index (χ1n) is 5.64. The number of halogens is 2. The Hall–Kier alpha value is -0.703. The molecule has 2 rings (SSSR count). The van der Waals surface area contributed by atoms with Crippen LogP contribution < -0.4 is 5.19 Å². The molecule has 0 N–H and O–H groups in total. The summed E-state index contributed by atoms with van der Waals surface area (Å²) in [6.45, 7) is 0. The van der Waals surface area contributed by atoms with E-state index < -0.39 is 8.74 Å². The molecule has 1 aromatic rings. The van der Waals surface area contributed by atoms with Crippen molar-refractivity contribution in [2.75, 3.05) is 0 Å². The summed E-state index contributed by atoms with van der Waals surface area (Å²) in [7, 11) is -4.18. The number of rotatable bonds is 2. The summed E-state index contributed by atoms with van der Waals surface area (Å²) in [4.78, 5) is 0. The summed E-state index contributed by atoms with van der Waals surface area (Å²) in [6, 6.07) is 8.44. The minimum absolute atomic E-state index is 0.311. The average Bonchev–Trinajstić information content (AvgIpc) is 2.31. The van der Waals surface area contributed by atoms with Gasteiger partial charge in [-0.3, -0.25) is 8.22 Å². The van der Waals surface area contributed by atoms with Crippen LogP contribution in [0.5, 0.6) is 0 Å². The second kappa shape index (κ2) is 4.43. The first-order valence-corrected chi connectivity index (χ1v) is 7.48. The highest BCUT2D eigenvalue weighted by Crippen LogP contribution is 2.38. The van der Waals surface area contributed by atoms with Crippen LogP contribution >= 0.6 is 0 Å². The molecule has 0 nitrogen and oxygen atoms in total. The van der Waals surface area contributed by atoms with E-state index in [9.17, 15) is 8.22 Å². The molecular weight excluding hydrogens is 210 g/mol. The highest BCUT2D eigenvalue weighted by molar-refractivity contribution is 6.81. The van der Waals surface area contributed by atoms with Crippen LogP contribution in [0, 0.1) is 0 Å². The first kappa shape index (κ1) is 10.8. The molecule has 0 aromatic heterocycles. The Morgan fingerprint density at radius 1 is 0.933 bits per heavy atom. The standard InChI is InChI=1S/C12H16F2Si/c13-15(14,11-7-3-1-4-8-11)12-9-5-2-6-10-12/h1,3-4,7-8,12H,2,5-6,9-10H2. The Labute approximate surface area is 90.7 Å². The number of benzene rings is 1. The normalized spacial score (nSPS) is 19.1. The molecule has 0 unspecified atom stereocenters. The van der Waals surface area contributed by atoms with Gasteiger partial charge >= 0.3 is 8.74 Å². The number of hydrogen-bond donors (Lipinski definition) is 0. The zero-order valence-corrected chi connectivity index (χ0v) is 9.76. The van der Waals surface area contributed by atoms with E-state index in [4.69, 9.17) is 0 Å². The topological polar surface area (TPSA) is 0 Å². The predicted octanol–water partition coefficient (Wildman–Crippen LogP) is 3.61. The van der Waals surface area contributed by atoms with Gasteiger partial charge in [0.15, 0.2) is 0 Å². The van der Waals surface area contributed by atoms with E-state index in [1.165, 1.54) is 0 Å². The fraction of sp³-hybridized carbons (Fsp3) is 0.500. The van der Waals surface area contributed by atoms with Gasteiger partial charge in [-0.25, -0.2) is 0 Å². The maximum Gasteiger partial charge on any atom is 0.458 e. The van der Waals surface area contributed by atoms with Crippen LogP contribution in [0.15, 0.2) is 30.3 Å². The van der Waals surface area contributed by atoms with Gasteiger partial charge < -0.3 is 0 Å². The molecule has 0 saturated heterocycles. The fourth-order valence-electron chi connectivity index (χ4n) is 2.36. The fourth-order valence-corrected chi connectivity index (χ4v) is 4.60. The van der Waals surface area contributed by atoms with Gasteiger partial charge in [0.25, 0.3) is 0 Å². The van der Waals surface area contributed by atoms with Gasteiger partial charge in [0, 0.05) is 10.7 Å². The lowest BCUT2D eigenvalue weighted by molar-refractivity contribution is 0.443. The van der Waals surface area contributed by atoms with Gasteiger partial charge in [0.1, 0.15) is 0 Å². The smallest absolute Gasteiger partial charge is 0.264 e. The zero-order chi connectivity index (χ0) is 10.7. The Morgan fingerprint density at radius 3 is 2.13 bits per heavy atom. The zero-order valence-electron chi connectivity index (χ0n) is 8.76. The number of hydrogen-bond acceptors (Lipinski definition) is 0. The average molecular weight is 226 g/mol. The molecule has 1 fully saturated rings. The molecule has 3 heteroatoms. The van der Waals surface area contributed by atoms with Gasteiger partial charge in [-0.15, -0.1) is 0 Å². The van der Waals surface area contributed by atoms with E-state index in [1.807, 2.05) is 0 Å². The first-order chi connectivity index (χ1) is 7.21. The van der Waals surface area contributed by atoms with Crippen molar-refractivity contribution >= 4 is 13.9 Å². The van der Waals surface area contributed by atoms with Crippen molar-refractivity contribution in [3.8, 4) is 0 Å². The van der Waals surface area contributed by atoms with Crippen LogP contribution in [0.25, 0.3) is 0 Å². The maximum absolute atomic E-state index is 14.2. The Kier molecular flexibility index (Phi) is 3.19. The summed E-state index contributed by atoms with van der Waals surface area (Å²) >= 11 is 0. The predicted molar refractivity (Wildman–Crippen MR) is 60.9 cm³/mol. The van der Waals surface area contributed by atoms with E-state index in [0.717, 1.165) is 32.1 Å². The Morgan fingerprint density at radius 2 is 1.53 bits per heavy atom. The van der Waals surface area contributed by atoms with Crippen LogP contribution in [0.3, 0.4) is 0 Å². The second-order valence-electron chi connectivity index (χ2n) is 4.32. The molecular formula is C12H16F2Si. The van der Waals surface area contributed by atoms with Crippen molar-refractivity contribution in [3.63, 3.8) is 0 Å². The van der Waals surface area contributed by atoms with E-state index in [2.05, 4.69) is 0 Å². The maximum atomic E-state index is 14.2. The van der Waals surface area contributed by atoms with Crippen LogP contribution in [-0.2, 0) is 0 Å². The van der Waals surface area contributed by atoms with Crippen LogP contribution in [0.4, 0.5) is 8.22 Å². The Balaban J connectivity index is 2.18. The van der Waals surface area contributed by atoms with E-state index >= 15 is 0 Å². The lowest BCUT2D eigenvalue weighted by Gasteiger charge is -2.27. The lowest BCUT2D eigenvalue weighted by atomic mass is 10.0. The van der Waals surface area contributed by atoms with Gasteiger partial charge in [0.05, 0.1) is 0 Å². The van der Waals surface area contributed by atoms with Crippen molar-refractivity contribution in [3.05, 3.63) is 30.3 Å². The van der Waals surface area contributed by atoms with E-state index in [-0.39, 0.29) is 5.54 Å². The molecule has 1 aliphatic rings. The van der Waals surface area contributed by atoms with Crippen molar-refractivity contribution in [1.29, 1.82) is 0 Å². The largest absolute Gasteiger partial charge is 0.458 e. The second-order valence-corrected chi connectivity index (χ2v) is 6.96. The highest BCUT2D eigenvalue weighted by Gasteiger charge is 2.46. The molecule has 15 heavy (non-hydrogen) atoms. The summed E-state index contributed by atoms with van der Waals surface area (Å²) in [5.74, 6) is 0. The van der Waals surface area contributed by atoms with Crippen LogP contribution in [0.2, 0.25) is 5.54 Å². The Bertz CT molecular complexity index is 305. The molecule has 82 valence electrons. The molecule has 0 radical (unpaired) electrons. The van der Waals surface area contributed by atoms with Gasteiger partial charge in [-0.05, 0) is 12.8 Å². The molecule has 0 bridgehead atoms. The molecule has 1 aromatic carbocycles. The third kappa shape index (κ3) is 2.28. The molecule has 0 spiro atoms. The molecule has 1 aliphatic carbocycles. The van der Waals surface area contributed by atoms with Crippen molar-refractivity contribution < 1.29 is 8.22 Å². The summed E-state index contributed by atoms with van der Waals surface area (Å²) < 4.78 is 28.4. The van der Waals surface area contributed by atoms with Crippen molar-refractivity contribution in [1.82, 2.24) is 0 Å². The minimum Gasteiger partial charge on any atom is -0.264 e. The van der Waals surface area contributed by atoms with Crippen LogP contribution in [-0.4, -0.2) is 8.74 Å².